The zero-order valence-electron chi connectivity index (χ0n) is 7.18. The highest BCUT2D eigenvalue weighted by molar-refractivity contribution is 4.85. The summed E-state index contributed by atoms with van der Waals surface area (Å²) >= 11 is 0. The van der Waals surface area contributed by atoms with E-state index in [9.17, 15) is 0 Å². The standard InChI is InChI=1S/C9H17NO/c1-10-8-4-9(5-8)11-6-7-2-3-7/h7-10H,2-6H2,1H3. The Morgan fingerprint density at radius 3 is 2.64 bits per heavy atom. The van der Waals surface area contributed by atoms with Crippen LogP contribution in [0.2, 0.25) is 0 Å². The fraction of sp³-hybridized carbons (Fsp3) is 1.00. The molecule has 64 valence electrons. The van der Waals surface area contributed by atoms with Gasteiger partial charge in [0.05, 0.1) is 6.10 Å². The number of ether oxygens (including phenoxy) is 1. The van der Waals surface area contributed by atoms with Gasteiger partial charge in [-0.1, -0.05) is 0 Å². The lowest BCUT2D eigenvalue weighted by atomic mass is 9.89. The van der Waals surface area contributed by atoms with Crippen LogP contribution >= 0.6 is 0 Å². The zero-order valence-corrected chi connectivity index (χ0v) is 7.18. The first-order chi connectivity index (χ1) is 5.38. The molecule has 1 N–H and O–H groups in total. The quantitative estimate of drug-likeness (QED) is 0.658. The highest BCUT2D eigenvalue weighted by atomic mass is 16.5. The van der Waals surface area contributed by atoms with E-state index in [1.54, 1.807) is 0 Å². The second-order valence-corrected chi connectivity index (χ2v) is 3.86. The molecule has 2 aliphatic rings. The highest BCUT2D eigenvalue weighted by Gasteiger charge is 2.30. The Kier molecular flexibility index (Phi) is 2.14. The third-order valence-corrected chi connectivity index (χ3v) is 2.77. The van der Waals surface area contributed by atoms with Crippen LogP contribution in [0.1, 0.15) is 25.7 Å². The number of rotatable bonds is 4. The largest absolute Gasteiger partial charge is 0.378 e. The van der Waals surface area contributed by atoms with Crippen LogP contribution in [-0.4, -0.2) is 25.8 Å². The van der Waals surface area contributed by atoms with Gasteiger partial charge in [0, 0.05) is 12.6 Å². The van der Waals surface area contributed by atoms with Crippen molar-refractivity contribution in [2.45, 2.75) is 37.8 Å². The molecule has 2 aliphatic carbocycles. The first-order valence-electron chi connectivity index (χ1n) is 4.67. The van der Waals surface area contributed by atoms with Crippen molar-refractivity contribution in [3.63, 3.8) is 0 Å². The van der Waals surface area contributed by atoms with Gasteiger partial charge in [-0.2, -0.15) is 0 Å². The Morgan fingerprint density at radius 1 is 1.36 bits per heavy atom. The van der Waals surface area contributed by atoms with Crippen molar-refractivity contribution in [3.8, 4) is 0 Å². The topological polar surface area (TPSA) is 21.3 Å². The summed E-state index contributed by atoms with van der Waals surface area (Å²) in [6.07, 6.45) is 5.84. The van der Waals surface area contributed by atoms with Gasteiger partial charge in [0.25, 0.3) is 0 Å². The SMILES string of the molecule is CNC1CC(OCC2CC2)C1. The smallest absolute Gasteiger partial charge is 0.0605 e. The molecule has 0 heterocycles. The van der Waals surface area contributed by atoms with Crippen molar-refractivity contribution >= 4 is 0 Å². The van der Waals surface area contributed by atoms with Crippen molar-refractivity contribution in [2.24, 2.45) is 5.92 Å². The lowest BCUT2D eigenvalue weighted by molar-refractivity contribution is -0.0196. The molecule has 2 rings (SSSR count). The second kappa shape index (κ2) is 3.11. The van der Waals surface area contributed by atoms with Crippen molar-refractivity contribution in [3.05, 3.63) is 0 Å². The molecule has 0 saturated heterocycles. The molecule has 0 aliphatic heterocycles. The van der Waals surface area contributed by atoms with E-state index >= 15 is 0 Å². The Labute approximate surface area is 68.3 Å². The van der Waals surface area contributed by atoms with Crippen molar-refractivity contribution < 1.29 is 4.74 Å². The lowest BCUT2D eigenvalue weighted by Crippen LogP contribution is -2.43. The van der Waals surface area contributed by atoms with E-state index < -0.39 is 0 Å². The van der Waals surface area contributed by atoms with Gasteiger partial charge in [0.2, 0.25) is 0 Å². The monoisotopic (exact) mass is 155 g/mol. The molecule has 2 fully saturated rings. The van der Waals surface area contributed by atoms with Gasteiger partial charge in [0.15, 0.2) is 0 Å². The fourth-order valence-electron chi connectivity index (χ4n) is 1.49. The first kappa shape index (κ1) is 7.56. The molecular formula is C9H17NO. The van der Waals surface area contributed by atoms with E-state index in [1.807, 2.05) is 7.05 Å². The van der Waals surface area contributed by atoms with Crippen LogP contribution in [0.3, 0.4) is 0 Å². The zero-order chi connectivity index (χ0) is 7.68. The summed E-state index contributed by atoms with van der Waals surface area (Å²) in [6, 6.07) is 0.735. The predicted molar refractivity (Wildman–Crippen MR) is 44.5 cm³/mol. The summed E-state index contributed by atoms with van der Waals surface area (Å²) in [5.74, 6) is 0.920. The van der Waals surface area contributed by atoms with Gasteiger partial charge in [-0.25, -0.2) is 0 Å². The molecular weight excluding hydrogens is 138 g/mol. The maximum absolute atomic E-state index is 5.69. The van der Waals surface area contributed by atoms with Crippen LogP contribution < -0.4 is 5.32 Å². The molecule has 2 saturated carbocycles. The molecule has 2 heteroatoms. The lowest BCUT2D eigenvalue weighted by Gasteiger charge is -2.34. The summed E-state index contributed by atoms with van der Waals surface area (Å²) in [4.78, 5) is 0. The molecule has 0 aromatic rings. The Balaban J connectivity index is 1.52. The minimum Gasteiger partial charge on any atom is -0.378 e. The summed E-state index contributed by atoms with van der Waals surface area (Å²) < 4.78 is 5.69. The van der Waals surface area contributed by atoms with Crippen LogP contribution in [0.5, 0.6) is 0 Å². The second-order valence-electron chi connectivity index (χ2n) is 3.86. The van der Waals surface area contributed by atoms with Gasteiger partial charge in [-0.3, -0.25) is 0 Å². The Hall–Kier alpha value is -0.0800. The predicted octanol–water partition coefficient (Wildman–Crippen LogP) is 1.16. The van der Waals surface area contributed by atoms with E-state index in [1.165, 1.54) is 25.7 Å². The summed E-state index contributed by atoms with van der Waals surface area (Å²) in [6.45, 7) is 1.03. The van der Waals surface area contributed by atoms with Gasteiger partial charge in [-0.05, 0) is 38.6 Å². The van der Waals surface area contributed by atoms with E-state index in [0.29, 0.717) is 6.10 Å². The third-order valence-electron chi connectivity index (χ3n) is 2.77. The molecule has 0 aromatic carbocycles. The minimum absolute atomic E-state index is 0.577. The van der Waals surface area contributed by atoms with E-state index in [2.05, 4.69) is 5.32 Å². The molecule has 0 atom stereocenters. The van der Waals surface area contributed by atoms with Gasteiger partial charge >= 0.3 is 0 Å². The van der Waals surface area contributed by atoms with Crippen LogP contribution in [0.15, 0.2) is 0 Å². The van der Waals surface area contributed by atoms with Gasteiger partial charge < -0.3 is 10.1 Å². The Morgan fingerprint density at radius 2 is 2.09 bits per heavy atom. The van der Waals surface area contributed by atoms with E-state index in [-0.39, 0.29) is 0 Å². The van der Waals surface area contributed by atoms with E-state index in [4.69, 9.17) is 4.74 Å². The van der Waals surface area contributed by atoms with Gasteiger partial charge in [-0.15, -0.1) is 0 Å². The third kappa shape index (κ3) is 1.94. The maximum Gasteiger partial charge on any atom is 0.0605 e. The normalized spacial score (nSPS) is 36.8. The number of hydrogen-bond donors (Lipinski definition) is 1. The van der Waals surface area contributed by atoms with Crippen LogP contribution in [0.25, 0.3) is 0 Å². The Bertz CT molecular complexity index is 128. The average molecular weight is 155 g/mol. The molecule has 0 aromatic heterocycles. The molecule has 11 heavy (non-hydrogen) atoms. The van der Waals surface area contributed by atoms with Crippen molar-refractivity contribution in [2.75, 3.05) is 13.7 Å². The maximum atomic E-state index is 5.69. The molecule has 0 spiro atoms. The van der Waals surface area contributed by atoms with Crippen molar-refractivity contribution in [1.82, 2.24) is 5.32 Å². The van der Waals surface area contributed by atoms with E-state index in [0.717, 1.165) is 18.6 Å². The van der Waals surface area contributed by atoms with Crippen molar-refractivity contribution in [1.29, 1.82) is 0 Å². The van der Waals surface area contributed by atoms with Gasteiger partial charge in [0.1, 0.15) is 0 Å². The molecule has 0 amide bonds. The summed E-state index contributed by atoms with van der Waals surface area (Å²) in [7, 11) is 2.03. The number of nitrogens with one attached hydrogen (secondary N) is 1. The summed E-state index contributed by atoms with van der Waals surface area (Å²) in [5, 5.41) is 3.25. The highest BCUT2D eigenvalue weighted by Crippen LogP contribution is 2.31. The summed E-state index contributed by atoms with van der Waals surface area (Å²) in [5.41, 5.74) is 0. The number of hydrogen-bond acceptors (Lipinski definition) is 2. The van der Waals surface area contributed by atoms with Crippen LogP contribution in [-0.2, 0) is 4.74 Å². The minimum atomic E-state index is 0.577. The molecule has 0 unspecified atom stereocenters. The molecule has 0 radical (unpaired) electrons. The molecule has 2 nitrogen and oxygen atoms in total. The van der Waals surface area contributed by atoms with Crippen LogP contribution in [0, 0.1) is 5.92 Å². The fourth-order valence-corrected chi connectivity index (χ4v) is 1.49. The van der Waals surface area contributed by atoms with Crippen LogP contribution in [0.4, 0.5) is 0 Å². The first-order valence-corrected chi connectivity index (χ1v) is 4.67. The molecule has 0 bridgehead atoms. The average Bonchev–Trinajstić information content (AvgIpc) is 2.68.